The zero-order chi connectivity index (χ0) is 14.1. The molecule has 1 rings (SSSR count). The average molecular weight is 277 g/mol. The SMILES string of the molecule is C/C(CCC(C)C)=N/NC(=S)NCc1ccccc1. The van der Waals surface area contributed by atoms with Gasteiger partial charge in [0.05, 0.1) is 0 Å². The largest absolute Gasteiger partial charge is 0.357 e. The Hall–Kier alpha value is -1.42. The summed E-state index contributed by atoms with van der Waals surface area (Å²) in [6.45, 7) is 7.17. The van der Waals surface area contributed by atoms with Crippen molar-refractivity contribution in [1.82, 2.24) is 10.7 Å². The normalized spacial score (nSPS) is 11.5. The molecule has 0 saturated carbocycles. The molecule has 4 heteroatoms. The van der Waals surface area contributed by atoms with Gasteiger partial charge >= 0.3 is 0 Å². The molecule has 19 heavy (non-hydrogen) atoms. The van der Waals surface area contributed by atoms with Gasteiger partial charge in [0.15, 0.2) is 5.11 Å². The maximum Gasteiger partial charge on any atom is 0.187 e. The number of rotatable bonds is 6. The highest BCUT2D eigenvalue weighted by Crippen LogP contribution is 2.04. The van der Waals surface area contributed by atoms with E-state index < -0.39 is 0 Å². The molecule has 0 unspecified atom stereocenters. The van der Waals surface area contributed by atoms with Crippen LogP contribution in [0.3, 0.4) is 0 Å². The highest BCUT2D eigenvalue weighted by Gasteiger charge is 1.98. The molecular weight excluding hydrogens is 254 g/mol. The highest BCUT2D eigenvalue weighted by atomic mass is 32.1. The van der Waals surface area contributed by atoms with Crippen LogP contribution in [0.5, 0.6) is 0 Å². The number of benzene rings is 1. The van der Waals surface area contributed by atoms with Gasteiger partial charge in [0.2, 0.25) is 0 Å². The van der Waals surface area contributed by atoms with Crippen LogP contribution in [0.15, 0.2) is 35.4 Å². The van der Waals surface area contributed by atoms with Crippen molar-refractivity contribution in [2.24, 2.45) is 11.0 Å². The molecule has 0 aliphatic carbocycles. The number of hydrogen-bond donors (Lipinski definition) is 2. The van der Waals surface area contributed by atoms with Crippen LogP contribution in [0.1, 0.15) is 39.2 Å². The molecular formula is C15H23N3S. The van der Waals surface area contributed by atoms with E-state index in [2.05, 4.69) is 41.8 Å². The van der Waals surface area contributed by atoms with Crippen LogP contribution in [0, 0.1) is 5.92 Å². The van der Waals surface area contributed by atoms with E-state index in [4.69, 9.17) is 12.2 Å². The summed E-state index contributed by atoms with van der Waals surface area (Å²) >= 11 is 5.18. The molecule has 0 atom stereocenters. The van der Waals surface area contributed by atoms with Gasteiger partial charge in [-0.15, -0.1) is 0 Å². The predicted octanol–water partition coefficient (Wildman–Crippen LogP) is 3.46. The van der Waals surface area contributed by atoms with Gasteiger partial charge in [-0.05, 0) is 43.5 Å². The molecule has 0 spiro atoms. The van der Waals surface area contributed by atoms with Gasteiger partial charge in [-0.1, -0.05) is 44.2 Å². The summed E-state index contributed by atoms with van der Waals surface area (Å²) in [6, 6.07) is 10.2. The maximum absolute atomic E-state index is 5.18. The van der Waals surface area contributed by atoms with E-state index in [0.29, 0.717) is 17.6 Å². The standard InChI is InChI=1S/C15H23N3S/c1-12(2)9-10-13(3)17-18-15(19)16-11-14-7-5-4-6-8-14/h4-8,12H,9-11H2,1-3H3,(H2,16,18,19)/b17-13-. The van der Waals surface area contributed by atoms with Gasteiger partial charge < -0.3 is 5.32 Å². The van der Waals surface area contributed by atoms with Gasteiger partial charge in [0.25, 0.3) is 0 Å². The number of thiocarbonyl (C=S) groups is 1. The third-order valence-electron chi connectivity index (χ3n) is 2.73. The van der Waals surface area contributed by atoms with Crippen molar-refractivity contribution in [3.8, 4) is 0 Å². The molecule has 0 amide bonds. The second kappa shape index (κ2) is 8.64. The van der Waals surface area contributed by atoms with Crippen LogP contribution in [-0.4, -0.2) is 10.8 Å². The molecule has 1 aromatic rings. The van der Waals surface area contributed by atoms with Crippen molar-refractivity contribution < 1.29 is 0 Å². The van der Waals surface area contributed by atoms with Crippen LogP contribution in [0.4, 0.5) is 0 Å². The van der Waals surface area contributed by atoms with Crippen molar-refractivity contribution in [3.63, 3.8) is 0 Å². The maximum atomic E-state index is 5.18. The lowest BCUT2D eigenvalue weighted by atomic mass is 10.1. The summed E-state index contributed by atoms with van der Waals surface area (Å²) in [6.07, 6.45) is 2.16. The first kappa shape index (κ1) is 15.6. The second-order valence-electron chi connectivity index (χ2n) is 5.06. The fourth-order valence-corrected chi connectivity index (χ4v) is 1.64. The number of hydrazone groups is 1. The lowest BCUT2D eigenvalue weighted by Crippen LogP contribution is -2.32. The summed E-state index contributed by atoms with van der Waals surface area (Å²) in [5, 5.41) is 7.97. The molecule has 0 aromatic heterocycles. The number of nitrogens with zero attached hydrogens (tertiary/aromatic N) is 1. The second-order valence-corrected chi connectivity index (χ2v) is 5.47. The van der Waals surface area contributed by atoms with Crippen molar-refractivity contribution in [2.75, 3.05) is 0 Å². The molecule has 0 aliphatic rings. The van der Waals surface area contributed by atoms with Gasteiger partial charge in [-0.3, -0.25) is 5.43 Å². The monoisotopic (exact) mass is 277 g/mol. The van der Waals surface area contributed by atoms with E-state index >= 15 is 0 Å². The van der Waals surface area contributed by atoms with E-state index in [1.54, 1.807) is 0 Å². The number of hydrogen-bond acceptors (Lipinski definition) is 2. The summed E-state index contributed by atoms with van der Waals surface area (Å²) in [4.78, 5) is 0. The molecule has 0 saturated heterocycles. The van der Waals surface area contributed by atoms with Crippen molar-refractivity contribution >= 4 is 23.0 Å². The quantitative estimate of drug-likeness (QED) is 0.475. The van der Waals surface area contributed by atoms with E-state index in [0.717, 1.165) is 18.6 Å². The van der Waals surface area contributed by atoms with Crippen LogP contribution in [-0.2, 0) is 6.54 Å². The zero-order valence-electron chi connectivity index (χ0n) is 11.9. The zero-order valence-corrected chi connectivity index (χ0v) is 12.8. The van der Waals surface area contributed by atoms with Gasteiger partial charge in [-0.2, -0.15) is 5.10 Å². The third kappa shape index (κ3) is 7.57. The first-order chi connectivity index (χ1) is 9.08. The van der Waals surface area contributed by atoms with Crippen LogP contribution >= 0.6 is 12.2 Å². The first-order valence-corrected chi connectivity index (χ1v) is 7.09. The van der Waals surface area contributed by atoms with E-state index in [9.17, 15) is 0 Å². The Bertz CT molecular complexity index is 413. The molecule has 0 bridgehead atoms. The minimum absolute atomic E-state index is 0.563. The van der Waals surface area contributed by atoms with Gasteiger partial charge in [0.1, 0.15) is 0 Å². The lowest BCUT2D eigenvalue weighted by Gasteiger charge is -2.08. The van der Waals surface area contributed by atoms with E-state index in [1.165, 1.54) is 5.56 Å². The Labute approximate surface area is 121 Å². The fraction of sp³-hybridized carbons (Fsp3) is 0.467. The minimum atomic E-state index is 0.563. The summed E-state index contributed by atoms with van der Waals surface area (Å²) in [7, 11) is 0. The molecule has 2 N–H and O–H groups in total. The molecule has 0 aliphatic heterocycles. The van der Waals surface area contributed by atoms with Crippen molar-refractivity contribution in [1.29, 1.82) is 0 Å². The predicted molar refractivity (Wildman–Crippen MR) is 86.2 cm³/mol. The van der Waals surface area contributed by atoms with Gasteiger partial charge in [0, 0.05) is 12.3 Å². The average Bonchev–Trinajstić information content (AvgIpc) is 2.41. The van der Waals surface area contributed by atoms with Crippen molar-refractivity contribution in [2.45, 2.75) is 40.2 Å². The Kier molecular flexibility index (Phi) is 7.11. The lowest BCUT2D eigenvalue weighted by molar-refractivity contribution is 0.602. The molecule has 3 nitrogen and oxygen atoms in total. The molecule has 0 fully saturated rings. The number of nitrogens with one attached hydrogen (secondary N) is 2. The smallest absolute Gasteiger partial charge is 0.187 e. The fourth-order valence-electron chi connectivity index (χ4n) is 1.52. The minimum Gasteiger partial charge on any atom is -0.357 e. The van der Waals surface area contributed by atoms with Gasteiger partial charge in [-0.25, -0.2) is 0 Å². The van der Waals surface area contributed by atoms with Crippen LogP contribution in [0.2, 0.25) is 0 Å². The first-order valence-electron chi connectivity index (χ1n) is 6.69. The van der Waals surface area contributed by atoms with E-state index in [1.807, 2.05) is 25.1 Å². The Morgan fingerprint density at radius 2 is 1.95 bits per heavy atom. The topological polar surface area (TPSA) is 36.4 Å². The Morgan fingerprint density at radius 1 is 1.26 bits per heavy atom. The molecule has 0 radical (unpaired) electrons. The summed E-state index contributed by atoms with van der Waals surface area (Å²) < 4.78 is 0. The van der Waals surface area contributed by atoms with Crippen molar-refractivity contribution in [3.05, 3.63) is 35.9 Å². The molecule has 1 aromatic carbocycles. The van der Waals surface area contributed by atoms with E-state index in [-0.39, 0.29) is 0 Å². The summed E-state index contributed by atoms with van der Waals surface area (Å²) in [5.41, 5.74) is 5.17. The van der Waals surface area contributed by atoms with Crippen LogP contribution < -0.4 is 10.7 Å². The molecule has 104 valence electrons. The Balaban J connectivity index is 2.26. The third-order valence-corrected chi connectivity index (χ3v) is 2.96. The summed E-state index contributed by atoms with van der Waals surface area (Å²) in [5.74, 6) is 0.702. The van der Waals surface area contributed by atoms with Crippen LogP contribution in [0.25, 0.3) is 0 Å². The Morgan fingerprint density at radius 3 is 2.58 bits per heavy atom. The highest BCUT2D eigenvalue weighted by molar-refractivity contribution is 7.80. The molecule has 0 heterocycles.